The van der Waals surface area contributed by atoms with Crippen LogP contribution in [0.4, 0.5) is 0 Å². The van der Waals surface area contributed by atoms with Gasteiger partial charge in [0.1, 0.15) is 11.3 Å². The first-order valence-corrected chi connectivity index (χ1v) is 9.55. The first-order valence-electron chi connectivity index (χ1n) is 9.55. The van der Waals surface area contributed by atoms with Crippen LogP contribution in [0.1, 0.15) is 55.2 Å². The van der Waals surface area contributed by atoms with Gasteiger partial charge in [-0.3, -0.25) is 4.98 Å². The Morgan fingerprint density at radius 1 is 0.962 bits per heavy atom. The average molecular weight is 341 g/mol. The number of hydrogen-bond acceptors (Lipinski definition) is 2. The summed E-state index contributed by atoms with van der Waals surface area (Å²) in [7, 11) is 0. The molecular formula is C24H23NO. The Labute approximate surface area is 153 Å². The summed E-state index contributed by atoms with van der Waals surface area (Å²) < 4.78 is 6.41. The third kappa shape index (κ3) is 2.14. The molecule has 0 bridgehead atoms. The van der Waals surface area contributed by atoms with Gasteiger partial charge in [-0.15, -0.1) is 0 Å². The molecule has 1 aliphatic rings. The average Bonchev–Trinajstić information content (AvgIpc) is 3.02. The van der Waals surface area contributed by atoms with E-state index in [4.69, 9.17) is 4.42 Å². The maximum atomic E-state index is 6.41. The molecule has 0 aliphatic heterocycles. The van der Waals surface area contributed by atoms with Crippen LogP contribution in [0.2, 0.25) is 0 Å². The van der Waals surface area contributed by atoms with E-state index in [1.54, 1.807) is 0 Å². The second-order valence-corrected chi connectivity index (χ2v) is 7.78. The van der Waals surface area contributed by atoms with Crippen LogP contribution in [0, 0.1) is 6.92 Å². The third-order valence-corrected chi connectivity index (χ3v) is 6.03. The van der Waals surface area contributed by atoms with Crippen molar-refractivity contribution in [2.75, 3.05) is 0 Å². The summed E-state index contributed by atoms with van der Waals surface area (Å²) in [5.41, 5.74) is 8.35. The molecule has 0 N–H and O–H groups in total. The molecule has 0 saturated heterocycles. The second-order valence-electron chi connectivity index (χ2n) is 7.78. The van der Waals surface area contributed by atoms with Gasteiger partial charge in [-0.25, -0.2) is 0 Å². The zero-order chi connectivity index (χ0) is 17.8. The smallest absolute Gasteiger partial charge is 0.161 e. The van der Waals surface area contributed by atoms with Crippen LogP contribution in [-0.2, 0) is 0 Å². The number of fused-ring (bicyclic) bond motifs is 5. The van der Waals surface area contributed by atoms with E-state index in [1.807, 2.05) is 24.4 Å². The van der Waals surface area contributed by atoms with Crippen LogP contribution in [0.3, 0.4) is 0 Å². The molecule has 2 aromatic heterocycles. The lowest BCUT2D eigenvalue weighted by Gasteiger charge is -2.29. The highest BCUT2D eigenvalue weighted by Gasteiger charge is 2.28. The lowest BCUT2D eigenvalue weighted by atomic mass is 9.74. The van der Waals surface area contributed by atoms with Crippen molar-refractivity contribution in [2.45, 2.75) is 45.4 Å². The summed E-state index contributed by atoms with van der Waals surface area (Å²) in [6, 6.07) is 14.7. The van der Waals surface area contributed by atoms with Crippen LogP contribution >= 0.6 is 0 Å². The number of aromatic nitrogens is 1. The summed E-state index contributed by atoms with van der Waals surface area (Å²) >= 11 is 0. The van der Waals surface area contributed by atoms with Crippen molar-refractivity contribution in [3.63, 3.8) is 0 Å². The van der Waals surface area contributed by atoms with E-state index >= 15 is 0 Å². The molecule has 26 heavy (non-hydrogen) atoms. The highest BCUT2D eigenvalue weighted by Crippen LogP contribution is 2.47. The second kappa shape index (κ2) is 5.70. The number of aryl methyl sites for hydroxylation is 1. The molecule has 0 radical (unpaired) electrons. The molecule has 130 valence electrons. The largest absolute Gasteiger partial charge is 0.454 e. The monoisotopic (exact) mass is 341 g/mol. The van der Waals surface area contributed by atoms with Gasteiger partial charge < -0.3 is 4.42 Å². The fraction of sp³-hybridized carbons (Fsp3) is 0.292. The highest BCUT2D eigenvalue weighted by molar-refractivity contribution is 6.11. The molecule has 0 spiro atoms. The fourth-order valence-corrected chi connectivity index (χ4v) is 4.80. The van der Waals surface area contributed by atoms with Gasteiger partial charge in [0.2, 0.25) is 0 Å². The zero-order valence-corrected chi connectivity index (χ0v) is 15.5. The molecule has 2 nitrogen and oxygen atoms in total. The normalized spacial score (nSPS) is 19.8. The lowest BCUT2D eigenvalue weighted by Crippen LogP contribution is -2.12. The predicted octanol–water partition coefficient (Wildman–Crippen LogP) is 6.96. The molecule has 0 amide bonds. The Morgan fingerprint density at radius 2 is 1.69 bits per heavy atom. The number of benzene rings is 2. The number of hydrogen-bond donors (Lipinski definition) is 0. The summed E-state index contributed by atoms with van der Waals surface area (Å²) in [5, 5.41) is 2.50. The summed E-state index contributed by atoms with van der Waals surface area (Å²) in [6.07, 6.45) is 4.44. The van der Waals surface area contributed by atoms with Crippen molar-refractivity contribution in [1.29, 1.82) is 0 Å². The maximum Gasteiger partial charge on any atom is 0.161 e. The SMILES string of the molecule is Cc1cc2oc3c(-c4ccccc4)nccc3c2c2c1C(C)CCC2C. The van der Waals surface area contributed by atoms with Crippen molar-refractivity contribution < 1.29 is 4.42 Å². The molecule has 2 unspecified atom stereocenters. The van der Waals surface area contributed by atoms with Gasteiger partial charge >= 0.3 is 0 Å². The topological polar surface area (TPSA) is 26.0 Å². The molecule has 2 atom stereocenters. The Hall–Kier alpha value is -2.61. The number of rotatable bonds is 1. The predicted molar refractivity (Wildman–Crippen MR) is 108 cm³/mol. The van der Waals surface area contributed by atoms with Crippen LogP contribution in [0.25, 0.3) is 33.2 Å². The van der Waals surface area contributed by atoms with E-state index in [0.29, 0.717) is 11.8 Å². The molecule has 1 aliphatic carbocycles. The molecule has 2 heteroatoms. The van der Waals surface area contributed by atoms with Gasteiger partial charge in [0, 0.05) is 22.5 Å². The van der Waals surface area contributed by atoms with Crippen molar-refractivity contribution in [1.82, 2.24) is 4.98 Å². The highest BCUT2D eigenvalue weighted by atomic mass is 16.3. The first-order chi connectivity index (χ1) is 12.6. The van der Waals surface area contributed by atoms with Gasteiger partial charge in [0.25, 0.3) is 0 Å². The minimum atomic E-state index is 0.567. The van der Waals surface area contributed by atoms with Crippen LogP contribution in [-0.4, -0.2) is 4.98 Å². The Kier molecular flexibility index (Phi) is 3.43. The van der Waals surface area contributed by atoms with Crippen LogP contribution in [0.15, 0.2) is 53.1 Å². The van der Waals surface area contributed by atoms with Crippen LogP contribution < -0.4 is 0 Å². The molecule has 2 heterocycles. The first kappa shape index (κ1) is 15.6. The summed E-state index contributed by atoms with van der Waals surface area (Å²) in [6.45, 7) is 6.96. The quantitative estimate of drug-likeness (QED) is 0.374. The Morgan fingerprint density at radius 3 is 2.46 bits per heavy atom. The lowest BCUT2D eigenvalue weighted by molar-refractivity contribution is 0.528. The standard InChI is InChI=1S/C24H23NO/c1-14-9-10-15(2)21-20(14)16(3)13-19-22(21)18-11-12-25-23(24(18)26-19)17-7-5-4-6-8-17/h4-8,11-15H,9-10H2,1-3H3. The van der Waals surface area contributed by atoms with Gasteiger partial charge in [-0.1, -0.05) is 44.2 Å². The van der Waals surface area contributed by atoms with Crippen LogP contribution in [0.5, 0.6) is 0 Å². The van der Waals surface area contributed by atoms with Gasteiger partial charge in [0.15, 0.2) is 5.58 Å². The Balaban J connectivity index is 1.91. The Bertz CT molecular complexity index is 1120. The van der Waals surface area contributed by atoms with Gasteiger partial charge in [0.05, 0.1) is 0 Å². The van der Waals surface area contributed by atoms with Crippen molar-refractivity contribution in [3.05, 3.63) is 65.4 Å². The van der Waals surface area contributed by atoms with E-state index < -0.39 is 0 Å². The van der Waals surface area contributed by atoms with Crippen molar-refractivity contribution >= 4 is 21.9 Å². The van der Waals surface area contributed by atoms with Gasteiger partial charge in [-0.2, -0.15) is 0 Å². The van der Waals surface area contributed by atoms with E-state index in [2.05, 4.69) is 50.0 Å². The minimum absolute atomic E-state index is 0.567. The van der Waals surface area contributed by atoms with Crippen molar-refractivity contribution in [2.24, 2.45) is 0 Å². The van der Waals surface area contributed by atoms with E-state index in [-0.39, 0.29) is 0 Å². The van der Waals surface area contributed by atoms with Gasteiger partial charge in [-0.05, 0) is 60.4 Å². The molecular weight excluding hydrogens is 318 g/mol. The maximum absolute atomic E-state index is 6.41. The number of furan rings is 1. The zero-order valence-electron chi connectivity index (χ0n) is 15.5. The molecule has 0 fully saturated rings. The molecule has 4 aromatic rings. The van der Waals surface area contributed by atoms with Crippen molar-refractivity contribution in [3.8, 4) is 11.3 Å². The molecule has 5 rings (SSSR count). The minimum Gasteiger partial charge on any atom is -0.454 e. The summed E-state index contributed by atoms with van der Waals surface area (Å²) in [5.74, 6) is 1.18. The molecule has 2 aromatic carbocycles. The van der Waals surface area contributed by atoms with E-state index in [1.165, 1.54) is 40.3 Å². The van der Waals surface area contributed by atoms with E-state index in [9.17, 15) is 0 Å². The van der Waals surface area contributed by atoms with E-state index in [0.717, 1.165) is 22.4 Å². The third-order valence-electron chi connectivity index (χ3n) is 6.03. The fourth-order valence-electron chi connectivity index (χ4n) is 4.80. The number of nitrogens with zero attached hydrogens (tertiary/aromatic N) is 1. The summed E-state index contributed by atoms with van der Waals surface area (Å²) in [4.78, 5) is 4.65. The number of pyridine rings is 1. The molecule has 0 saturated carbocycles.